The molecule has 3 aromatic rings. The number of halogens is 4. The van der Waals surface area contributed by atoms with Gasteiger partial charge in [-0.1, -0.05) is 23.7 Å². The number of furan rings is 1. The van der Waals surface area contributed by atoms with Crippen LogP contribution in [0.15, 0.2) is 68.9 Å². The molecule has 12 heteroatoms. The summed E-state index contributed by atoms with van der Waals surface area (Å²) in [6.45, 7) is 0. The van der Waals surface area contributed by atoms with Gasteiger partial charge in [0.15, 0.2) is 5.17 Å². The minimum atomic E-state index is -4.64. The first kappa shape index (κ1) is 22.6. The highest BCUT2D eigenvalue weighted by molar-refractivity contribution is 8.18. The lowest BCUT2D eigenvalue weighted by Gasteiger charge is -2.09. The number of hydrogen-bond donors (Lipinski definition) is 1. The fourth-order valence-electron chi connectivity index (χ4n) is 2.94. The van der Waals surface area contributed by atoms with Crippen molar-refractivity contribution in [3.05, 3.63) is 86.0 Å². The number of aliphatic imine (C=N–C) groups is 1. The second kappa shape index (κ2) is 8.75. The molecule has 4 rings (SSSR count). The molecule has 0 bridgehead atoms. The Morgan fingerprint density at radius 3 is 2.64 bits per heavy atom. The Kier molecular flexibility index (Phi) is 6.00. The van der Waals surface area contributed by atoms with Gasteiger partial charge in [-0.05, 0) is 48.2 Å². The van der Waals surface area contributed by atoms with Crippen molar-refractivity contribution in [2.75, 3.05) is 0 Å². The van der Waals surface area contributed by atoms with Gasteiger partial charge in [0.1, 0.15) is 11.5 Å². The number of nitrogens with zero attached hydrogens (tertiary/aromatic N) is 2. The summed E-state index contributed by atoms with van der Waals surface area (Å²) in [6.07, 6.45) is -3.24. The van der Waals surface area contributed by atoms with Crippen LogP contribution in [0.2, 0.25) is 5.02 Å². The van der Waals surface area contributed by atoms with Gasteiger partial charge < -0.3 is 9.73 Å². The molecule has 168 valence electrons. The number of nitro groups is 1. The van der Waals surface area contributed by atoms with Gasteiger partial charge in [0, 0.05) is 12.1 Å². The Morgan fingerprint density at radius 2 is 1.91 bits per heavy atom. The number of hydrogen-bond acceptors (Lipinski definition) is 6. The maximum Gasteiger partial charge on any atom is 0.417 e. The number of carbonyl (C=O) groups excluding carboxylic acids is 1. The summed E-state index contributed by atoms with van der Waals surface area (Å²) in [6, 6.07) is 12.3. The van der Waals surface area contributed by atoms with E-state index in [1.54, 1.807) is 6.07 Å². The Labute approximate surface area is 193 Å². The number of nitrogens with one attached hydrogen (secondary N) is 1. The molecule has 1 fully saturated rings. The maximum atomic E-state index is 13.0. The van der Waals surface area contributed by atoms with Crippen LogP contribution in [0.3, 0.4) is 0 Å². The predicted molar refractivity (Wildman–Crippen MR) is 118 cm³/mol. The highest BCUT2D eigenvalue weighted by Gasteiger charge is 2.33. The summed E-state index contributed by atoms with van der Waals surface area (Å²) in [4.78, 5) is 27.2. The first-order valence-corrected chi connectivity index (χ1v) is 10.3. The van der Waals surface area contributed by atoms with E-state index < -0.39 is 27.6 Å². The molecule has 0 atom stereocenters. The zero-order valence-corrected chi connectivity index (χ0v) is 17.8. The molecule has 1 saturated heterocycles. The van der Waals surface area contributed by atoms with E-state index in [1.807, 2.05) is 0 Å². The van der Waals surface area contributed by atoms with E-state index in [0.29, 0.717) is 0 Å². The number of amides is 1. The van der Waals surface area contributed by atoms with Crippen molar-refractivity contribution in [2.24, 2.45) is 4.99 Å². The smallest absolute Gasteiger partial charge is 0.417 e. The van der Waals surface area contributed by atoms with Crippen LogP contribution in [-0.4, -0.2) is 16.0 Å². The second-order valence-corrected chi connectivity index (χ2v) is 8.06. The number of benzene rings is 2. The number of amidine groups is 1. The minimum Gasteiger partial charge on any atom is -0.456 e. The van der Waals surface area contributed by atoms with E-state index in [2.05, 4.69) is 10.3 Å². The molecular formula is C21H11ClF3N3O4S. The summed E-state index contributed by atoms with van der Waals surface area (Å²) < 4.78 is 44.8. The van der Waals surface area contributed by atoms with Gasteiger partial charge >= 0.3 is 6.18 Å². The zero-order valence-electron chi connectivity index (χ0n) is 16.2. The van der Waals surface area contributed by atoms with Crippen LogP contribution in [0.1, 0.15) is 11.3 Å². The molecule has 1 aromatic heterocycles. The summed E-state index contributed by atoms with van der Waals surface area (Å²) in [7, 11) is 0. The molecule has 2 heterocycles. The predicted octanol–water partition coefficient (Wildman–Crippen LogP) is 6.42. The molecule has 2 aromatic carbocycles. The van der Waals surface area contributed by atoms with E-state index in [9.17, 15) is 28.1 Å². The van der Waals surface area contributed by atoms with Crippen LogP contribution < -0.4 is 5.32 Å². The van der Waals surface area contributed by atoms with Crippen molar-refractivity contribution < 1.29 is 27.3 Å². The third kappa shape index (κ3) is 4.94. The Balaban J connectivity index is 1.58. The van der Waals surface area contributed by atoms with E-state index in [1.165, 1.54) is 42.5 Å². The van der Waals surface area contributed by atoms with Crippen LogP contribution in [0.25, 0.3) is 17.4 Å². The molecule has 1 amide bonds. The van der Waals surface area contributed by atoms with Crippen molar-refractivity contribution in [1.29, 1.82) is 0 Å². The van der Waals surface area contributed by atoms with Crippen LogP contribution >= 0.6 is 23.4 Å². The molecule has 0 spiro atoms. The monoisotopic (exact) mass is 493 g/mol. The third-order valence-corrected chi connectivity index (χ3v) is 5.64. The van der Waals surface area contributed by atoms with E-state index in [0.717, 1.165) is 23.9 Å². The number of thioether (sulfide) groups is 1. The van der Waals surface area contributed by atoms with Gasteiger partial charge in [0.05, 0.1) is 31.7 Å². The van der Waals surface area contributed by atoms with Crippen LogP contribution in [0.5, 0.6) is 0 Å². The van der Waals surface area contributed by atoms with Crippen LogP contribution in [0.4, 0.5) is 24.5 Å². The Morgan fingerprint density at radius 1 is 1.15 bits per heavy atom. The molecule has 0 saturated carbocycles. The lowest BCUT2D eigenvalue weighted by atomic mass is 10.1. The summed E-state index contributed by atoms with van der Waals surface area (Å²) >= 11 is 6.51. The minimum absolute atomic E-state index is 0.0348. The highest BCUT2D eigenvalue weighted by atomic mass is 35.5. The summed E-state index contributed by atoms with van der Waals surface area (Å²) in [5.74, 6) is -0.0207. The standard InChI is InChI=1S/C21H11ClF3N3O4S/c22-15-7-5-11(9-14(15)21(23,24)25)26-20-27-19(29)18(33-20)10-12-6-8-17(32-12)13-3-1-2-4-16(13)28(30)31/h1-10H,(H,26,27,29)/b18-10+. The van der Waals surface area contributed by atoms with Crippen molar-refractivity contribution in [2.45, 2.75) is 6.18 Å². The quantitative estimate of drug-likeness (QED) is 0.257. The average molecular weight is 494 g/mol. The molecule has 0 aliphatic carbocycles. The Bertz CT molecular complexity index is 1330. The van der Waals surface area contributed by atoms with Gasteiger partial charge in [-0.15, -0.1) is 0 Å². The fourth-order valence-corrected chi connectivity index (χ4v) is 3.99. The van der Waals surface area contributed by atoms with E-state index in [-0.39, 0.29) is 38.5 Å². The molecule has 33 heavy (non-hydrogen) atoms. The molecular weight excluding hydrogens is 483 g/mol. The van der Waals surface area contributed by atoms with Gasteiger partial charge in [-0.25, -0.2) is 4.99 Å². The number of nitro benzene ring substituents is 1. The fraction of sp³-hybridized carbons (Fsp3) is 0.0476. The van der Waals surface area contributed by atoms with Crippen LogP contribution in [0, 0.1) is 10.1 Å². The second-order valence-electron chi connectivity index (χ2n) is 6.62. The number of para-hydroxylation sites is 1. The van der Waals surface area contributed by atoms with Crippen molar-refractivity contribution in [3.63, 3.8) is 0 Å². The largest absolute Gasteiger partial charge is 0.456 e. The first-order valence-electron chi connectivity index (χ1n) is 9.12. The molecule has 0 unspecified atom stereocenters. The number of alkyl halides is 3. The van der Waals surface area contributed by atoms with Crippen molar-refractivity contribution in [3.8, 4) is 11.3 Å². The van der Waals surface area contributed by atoms with Gasteiger partial charge in [-0.3, -0.25) is 14.9 Å². The topological polar surface area (TPSA) is 97.7 Å². The van der Waals surface area contributed by atoms with Gasteiger partial charge in [-0.2, -0.15) is 13.2 Å². The van der Waals surface area contributed by atoms with E-state index >= 15 is 0 Å². The van der Waals surface area contributed by atoms with Crippen molar-refractivity contribution in [1.82, 2.24) is 5.32 Å². The van der Waals surface area contributed by atoms with Crippen LogP contribution in [-0.2, 0) is 11.0 Å². The zero-order chi connectivity index (χ0) is 23.8. The molecule has 1 N–H and O–H groups in total. The maximum absolute atomic E-state index is 13.0. The van der Waals surface area contributed by atoms with E-state index in [4.69, 9.17) is 16.0 Å². The summed E-state index contributed by atoms with van der Waals surface area (Å²) in [5.41, 5.74) is -0.919. The molecule has 7 nitrogen and oxygen atoms in total. The lowest BCUT2D eigenvalue weighted by molar-refractivity contribution is -0.384. The summed E-state index contributed by atoms with van der Waals surface area (Å²) in [5, 5.41) is 13.3. The van der Waals surface area contributed by atoms with Crippen molar-refractivity contribution >= 4 is 51.9 Å². The molecule has 1 aliphatic heterocycles. The third-order valence-electron chi connectivity index (χ3n) is 4.40. The first-order chi connectivity index (χ1) is 15.6. The highest BCUT2D eigenvalue weighted by Crippen LogP contribution is 2.38. The number of carbonyl (C=O) groups is 1. The lowest BCUT2D eigenvalue weighted by Crippen LogP contribution is -2.19. The normalized spacial score (nSPS) is 16.4. The Hall–Kier alpha value is -3.57. The molecule has 1 aliphatic rings. The van der Waals surface area contributed by atoms with Gasteiger partial charge in [0.25, 0.3) is 11.6 Å². The van der Waals surface area contributed by atoms with Gasteiger partial charge in [0.2, 0.25) is 0 Å². The molecule has 0 radical (unpaired) electrons. The average Bonchev–Trinajstić information content (AvgIpc) is 3.35. The SMILES string of the molecule is O=C1NC(=Nc2ccc(Cl)c(C(F)(F)F)c2)S/C1=C/c1ccc(-c2ccccc2[N+](=O)[O-])o1. The number of rotatable bonds is 4.